The number of nitrogens with one attached hydrogen (secondary N) is 2. The van der Waals surface area contributed by atoms with E-state index in [1.54, 1.807) is 25.1 Å². The molecule has 4 aliphatic rings. The van der Waals surface area contributed by atoms with Gasteiger partial charge >= 0.3 is 6.01 Å². The summed E-state index contributed by atoms with van der Waals surface area (Å²) in [6.45, 7) is 11.2. The molecule has 6 atom stereocenters. The lowest BCUT2D eigenvalue weighted by Crippen LogP contribution is -2.51. The van der Waals surface area contributed by atoms with Crippen LogP contribution in [0.5, 0.6) is 17.6 Å². The molecule has 7 heterocycles. The zero-order chi connectivity index (χ0) is 57.7. The predicted octanol–water partition coefficient (Wildman–Crippen LogP) is 8.96. The maximum Gasteiger partial charge on any atom is 0.319 e. The van der Waals surface area contributed by atoms with Crippen LogP contribution in [-0.2, 0) is 9.59 Å². The topological polar surface area (TPSA) is 192 Å². The fourth-order valence-corrected chi connectivity index (χ4v) is 12.1. The number of phenols is 1. The number of hydrogen-bond acceptors (Lipinski definition) is 14. The molecule has 4 N–H and O–H groups in total. The van der Waals surface area contributed by atoms with E-state index < -0.39 is 65.0 Å². The van der Waals surface area contributed by atoms with Gasteiger partial charge in [-0.2, -0.15) is 9.97 Å². The second-order valence-electron chi connectivity index (χ2n) is 22.8. The molecule has 0 saturated carbocycles. The van der Waals surface area contributed by atoms with Gasteiger partial charge in [0, 0.05) is 85.4 Å². The number of ether oxygens (including phenoxy) is 2. The summed E-state index contributed by atoms with van der Waals surface area (Å²) < 4.78 is 92.8. The van der Waals surface area contributed by atoms with Crippen molar-refractivity contribution in [1.29, 1.82) is 0 Å². The van der Waals surface area contributed by atoms with Crippen LogP contribution in [0.3, 0.4) is 0 Å². The number of halogens is 5. The summed E-state index contributed by atoms with van der Waals surface area (Å²) in [4.78, 5) is 47.9. The number of pyridine rings is 1. The van der Waals surface area contributed by atoms with Crippen LogP contribution in [0.15, 0.2) is 77.4 Å². The summed E-state index contributed by atoms with van der Waals surface area (Å²) in [5.41, 5.74) is 0.00793. The fraction of sp³-hybridized carbons (Fsp3) is 0.410. The van der Waals surface area contributed by atoms with Gasteiger partial charge in [-0.15, -0.1) is 6.42 Å². The second kappa shape index (κ2) is 22.8. The first-order chi connectivity index (χ1) is 39.3. The Morgan fingerprint density at radius 1 is 0.927 bits per heavy atom. The number of terminal acetylenes is 1. The molecule has 0 spiro atoms. The molecule has 3 aromatic heterocycles. The number of amides is 2. The zero-order valence-electron chi connectivity index (χ0n) is 45.7. The number of aromatic hydroxyl groups is 1. The van der Waals surface area contributed by atoms with Gasteiger partial charge in [0.15, 0.2) is 11.6 Å². The maximum absolute atomic E-state index is 17.1. The number of aromatic nitrogens is 4. The van der Waals surface area contributed by atoms with Crippen LogP contribution in [0.4, 0.5) is 27.8 Å². The van der Waals surface area contributed by atoms with Crippen LogP contribution in [0.2, 0.25) is 0 Å². The number of anilines is 1. The van der Waals surface area contributed by atoms with Gasteiger partial charge in [-0.05, 0) is 91.5 Å². The number of carbonyl (C=O) groups excluding carboxylic acids is 2. The van der Waals surface area contributed by atoms with Crippen LogP contribution in [0.25, 0.3) is 44.1 Å². The highest BCUT2D eigenvalue weighted by Gasteiger charge is 2.44. The molecular weight excluding hydrogens is 1070 g/mol. The van der Waals surface area contributed by atoms with Crippen LogP contribution in [0.1, 0.15) is 88.6 Å². The van der Waals surface area contributed by atoms with Gasteiger partial charge < -0.3 is 44.6 Å². The van der Waals surface area contributed by atoms with E-state index >= 15 is 8.78 Å². The highest BCUT2D eigenvalue weighted by molar-refractivity contribution is 6.03. The van der Waals surface area contributed by atoms with E-state index in [1.165, 1.54) is 47.5 Å². The van der Waals surface area contributed by atoms with Gasteiger partial charge in [-0.1, -0.05) is 57.0 Å². The number of fused-ring (bicyclic) bond motifs is 4. The van der Waals surface area contributed by atoms with Crippen molar-refractivity contribution < 1.29 is 55.8 Å². The molecule has 2 amide bonds. The molecule has 428 valence electrons. The molecule has 4 aromatic carbocycles. The average Bonchev–Trinajstić information content (AvgIpc) is 3.84. The van der Waals surface area contributed by atoms with E-state index in [4.69, 9.17) is 25.4 Å². The standard InChI is InChI=1S/C61H62F5N9O7/c1-6-42-45(63)14-11-36-21-40(76)24-43(52(36)42)55-54(66)56-44(27-67-55)57(74-28-38-12-13-39(29-74)69-38)71-60(70-56)80-20-19-73-17-15-61(5,16-18-73)31-81-50-26-49(82-72-50)51(32(2)3)59(79)75-30-41(77)25-48(75)58(78)68-33(4)34-7-9-35(10-8-34)53-46(64)22-37(62)23-47(53)65/h1,7-11,14,21-24,26-27,32-33,38-39,41,48,51,69,76-77H,12-13,15-20,25,28-31H2,2-5H3,(H,68,78)/t33-,38?,39?,41+,48-,51+/m0/s1. The van der Waals surface area contributed by atoms with Gasteiger partial charge in [0.1, 0.15) is 64.6 Å². The Bertz CT molecular complexity index is 3590. The van der Waals surface area contributed by atoms with E-state index in [-0.39, 0.29) is 105 Å². The second-order valence-corrected chi connectivity index (χ2v) is 22.8. The van der Waals surface area contributed by atoms with Crippen molar-refractivity contribution in [1.82, 2.24) is 40.5 Å². The summed E-state index contributed by atoms with van der Waals surface area (Å²) in [7, 11) is 0. The number of piperidine rings is 1. The molecule has 11 rings (SSSR count). The summed E-state index contributed by atoms with van der Waals surface area (Å²) in [5.74, 6) is -3.50. The average molecular weight is 1130 g/mol. The van der Waals surface area contributed by atoms with Gasteiger partial charge in [-0.3, -0.25) is 19.5 Å². The van der Waals surface area contributed by atoms with Gasteiger partial charge in [0.05, 0.1) is 35.3 Å². The fourth-order valence-electron chi connectivity index (χ4n) is 12.1. The van der Waals surface area contributed by atoms with Crippen molar-refractivity contribution in [2.45, 2.75) is 96.0 Å². The third kappa shape index (κ3) is 11.2. The number of phenolic OH excluding ortho intramolecular Hbond substituents is 1. The van der Waals surface area contributed by atoms with E-state index in [1.807, 2.05) is 13.8 Å². The molecule has 7 aromatic rings. The Hall–Kier alpha value is -7.93. The summed E-state index contributed by atoms with van der Waals surface area (Å²) in [6.07, 6.45) is 9.85. The number of rotatable bonds is 16. The minimum absolute atomic E-state index is 0.00502. The SMILES string of the molecule is C#Cc1c(F)ccc2cc(O)cc(-c3ncc4c(N5CC6CCC(C5)N6)nc(OCCN5CCC(C)(COc6cc([C@H](C(=O)N7C[C@H](O)C[C@H]7C(=O)N[C@@H](C)c7ccc(-c8c(F)cc(F)cc8F)cc7)C(C)C)on6)CC5)nc4c3F)c12. The first kappa shape index (κ1) is 56.0. The number of aliphatic hydroxyl groups is 1. The van der Waals surface area contributed by atoms with Gasteiger partial charge in [0.25, 0.3) is 5.88 Å². The minimum atomic E-state index is -1.04. The Morgan fingerprint density at radius 2 is 1.65 bits per heavy atom. The summed E-state index contributed by atoms with van der Waals surface area (Å²) in [6, 6.07) is 13.2. The van der Waals surface area contributed by atoms with E-state index in [0.29, 0.717) is 73.6 Å². The highest BCUT2D eigenvalue weighted by Crippen LogP contribution is 2.41. The molecule has 16 nitrogen and oxygen atoms in total. The first-order valence-corrected chi connectivity index (χ1v) is 27.6. The van der Waals surface area contributed by atoms with Crippen LogP contribution >= 0.6 is 0 Å². The third-order valence-electron chi connectivity index (χ3n) is 16.6. The van der Waals surface area contributed by atoms with Crippen LogP contribution in [0, 0.1) is 52.8 Å². The molecule has 0 radical (unpaired) electrons. The van der Waals surface area contributed by atoms with E-state index in [2.05, 4.69) is 48.4 Å². The lowest BCUT2D eigenvalue weighted by atomic mass is 9.81. The van der Waals surface area contributed by atoms with Crippen molar-refractivity contribution in [3.8, 4) is 52.4 Å². The molecule has 21 heteroatoms. The van der Waals surface area contributed by atoms with Gasteiger partial charge in [-0.25, -0.2) is 22.0 Å². The number of carbonyl (C=O) groups is 2. The Kier molecular flexibility index (Phi) is 15.5. The van der Waals surface area contributed by atoms with E-state index in [0.717, 1.165) is 25.7 Å². The van der Waals surface area contributed by atoms with Crippen molar-refractivity contribution >= 4 is 39.3 Å². The summed E-state index contributed by atoms with van der Waals surface area (Å²) >= 11 is 0. The third-order valence-corrected chi connectivity index (χ3v) is 16.6. The van der Waals surface area contributed by atoms with Crippen molar-refractivity contribution in [2.75, 3.05) is 57.4 Å². The Morgan fingerprint density at radius 3 is 2.34 bits per heavy atom. The molecule has 4 aliphatic heterocycles. The molecule has 2 unspecified atom stereocenters. The van der Waals surface area contributed by atoms with Crippen LogP contribution in [-0.4, -0.2) is 129 Å². The lowest BCUT2D eigenvalue weighted by Gasteiger charge is -2.38. The number of aliphatic hydroxyl groups excluding tert-OH is 1. The number of nitrogens with zero attached hydrogens (tertiary/aromatic N) is 7. The number of β-amino-alcohol motifs (C(OH)–C–C–N with tert-alkyl or cyclic N) is 1. The minimum Gasteiger partial charge on any atom is -0.508 e. The molecule has 82 heavy (non-hydrogen) atoms. The number of hydrogen-bond donors (Lipinski definition) is 4. The molecule has 0 aliphatic carbocycles. The quantitative estimate of drug-likeness (QED) is 0.0530. The van der Waals surface area contributed by atoms with Crippen LogP contribution < -0.4 is 25.0 Å². The zero-order valence-corrected chi connectivity index (χ0v) is 45.7. The monoisotopic (exact) mass is 1130 g/mol. The maximum atomic E-state index is 17.1. The smallest absolute Gasteiger partial charge is 0.319 e. The Balaban J connectivity index is 0.712. The van der Waals surface area contributed by atoms with Gasteiger partial charge in [0.2, 0.25) is 11.8 Å². The number of likely N-dealkylation sites (tertiary alicyclic amines) is 2. The molecule has 2 bridgehead atoms. The first-order valence-electron chi connectivity index (χ1n) is 27.6. The number of piperazine rings is 1. The Labute approximate surface area is 470 Å². The highest BCUT2D eigenvalue weighted by atomic mass is 19.2. The lowest BCUT2D eigenvalue weighted by molar-refractivity contribution is -0.141. The van der Waals surface area contributed by atoms with Crippen molar-refractivity contribution in [3.05, 3.63) is 119 Å². The predicted molar refractivity (Wildman–Crippen MR) is 295 cm³/mol. The number of benzene rings is 4. The largest absolute Gasteiger partial charge is 0.508 e. The molecule has 4 fully saturated rings. The molecule has 4 saturated heterocycles. The van der Waals surface area contributed by atoms with E-state index in [9.17, 15) is 33.0 Å². The van der Waals surface area contributed by atoms with Crippen molar-refractivity contribution in [2.24, 2.45) is 11.3 Å². The van der Waals surface area contributed by atoms with Crippen molar-refractivity contribution in [3.63, 3.8) is 0 Å². The summed E-state index contributed by atoms with van der Waals surface area (Å²) in [5, 5.41) is 33.2. The molecular formula is C61H62F5N9O7. The normalized spacial score (nSPS) is 20.6.